The summed E-state index contributed by atoms with van der Waals surface area (Å²) in [5.74, 6) is -1.13. The van der Waals surface area contributed by atoms with Crippen molar-refractivity contribution in [1.29, 1.82) is 0 Å². The number of nitrogens with one attached hydrogen (secondary N) is 1. The average molecular weight is 199 g/mol. The van der Waals surface area contributed by atoms with Gasteiger partial charge in [0.05, 0.1) is 0 Å². The third kappa shape index (κ3) is 2.05. The number of hydrogen-bond donors (Lipinski definition) is 2. The molecule has 0 heterocycles. The van der Waals surface area contributed by atoms with Crippen molar-refractivity contribution in [2.75, 3.05) is 0 Å². The van der Waals surface area contributed by atoms with E-state index in [4.69, 9.17) is 5.11 Å². The van der Waals surface area contributed by atoms with Crippen LogP contribution in [0.3, 0.4) is 0 Å². The van der Waals surface area contributed by atoms with Crippen molar-refractivity contribution in [3.8, 4) is 0 Å². The van der Waals surface area contributed by atoms with Gasteiger partial charge in [0.25, 0.3) is 0 Å². The van der Waals surface area contributed by atoms with E-state index in [1.54, 1.807) is 6.92 Å². The molecule has 1 aliphatic carbocycles. The summed E-state index contributed by atoms with van der Waals surface area (Å²) in [7, 11) is 0. The van der Waals surface area contributed by atoms with E-state index in [0.717, 1.165) is 25.7 Å². The first kappa shape index (κ1) is 11.0. The van der Waals surface area contributed by atoms with Crippen LogP contribution in [0.2, 0.25) is 0 Å². The maximum absolute atomic E-state index is 11.1. The highest BCUT2D eigenvalue weighted by atomic mass is 16.4. The minimum absolute atomic E-state index is 0.0731. The van der Waals surface area contributed by atoms with Gasteiger partial charge in [0.1, 0.15) is 5.54 Å². The summed E-state index contributed by atoms with van der Waals surface area (Å²) in [5.41, 5.74) is -1.08. The second-order valence-electron chi connectivity index (χ2n) is 4.17. The summed E-state index contributed by atoms with van der Waals surface area (Å²) in [6.07, 6.45) is 3.91. The molecule has 1 saturated carbocycles. The summed E-state index contributed by atoms with van der Waals surface area (Å²) in [5, 5.41) is 11.7. The van der Waals surface area contributed by atoms with Crippen molar-refractivity contribution >= 4 is 11.9 Å². The molecular weight excluding hydrogens is 182 g/mol. The van der Waals surface area contributed by atoms with E-state index in [9.17, 15) is 9.59 Å². The van der Waals surface area contributed by atoms with Gasteiger partial charge in [-0.05, 0) is 25.7 Å². The van der Waals surface area contributed by atoms with Crippen molar-refractivity contribution in [3.63, 3.8) is 0 Å². The third-order valence-electron chi connectivity index (χ3n) is 3.05. The molecule has 0 bridgehead atoms. The quantitative estimate of drug-likeness (QED) is 0.716. The number of hydrogen-bond acceptors (Lipinski definition) is 2. The molecule has 80 valence electrons. The standard InChI is InChI=1S/C10H17NO3/c1-7(12)11-10(2,9(13)14)8-5-3-4-6-8/h8H,3-6H2,1-2H3,(H,11,12)(H,13,14). The number of aliphatic carboxylic acids is 1. The van der Waals surface area contributed by atoms with Gasteiger partial charge in [-0.1, -0.05) is 12.8 Å². The molecule has 2 N–H and O–H groups in total. The molecule has 1 fully saturated rings. The first-order chi connectivity index (χ1) is 6.47. The number of carbonyl (C=O) groups excluding carboxylic acids is 1. The molecule has 0 aromatic heterocycles. The van der Waals surface area contributed by atoms with Gasteiger partial charge in [-0.25, -0.2) is 4.79 Å². The normalized spacial score (nSPS) is 21.6. The Hall–Kier alpha value is -1.06. The van der Waals surface area contributed by atoms with Gasteiger partial charge in [-0.3, -0.25) is 4.79 Å². The Balaban J connectivity index is 2.79. The monoisotopic (exact) mass is 199 g/mol. The van der Waals surface area contributed by atoms with E-state index >= 15 is 0 Å². The van der Waals surface area contributed by atoms with Gasteiger partial charge in [0, 0.05) is 6.92 Å². The molecule has 1 aliphatic rings. The van der Waals surface area contributed by atoms with E-state index in [0.29, 0.717) is 0 Å². The Morgan fingerprint density at radius 1 is 1.36 bits per heavy atom. The summed E-state index contributed by atoms with van der Waals surface area (Å²) >= 11 is 0. The summed E-state index contributed by atoms with van der Waals surface area (Å²) in [4.78, 5) is 22.1. The van der Waals surface area contributed by atoms with Crippen molar-refractivity contribution in [2.24, 2.45) is 5.92 Å². The van der Waals surface area contributed by atoms with Gasteiger partial charge in [-0.2, -0.15) is 0 Å². The van der Waals surface area contributed by atoms with Gasteiger partial charge in [0.15, 0.2) is 0 Å². The number of carboxylic acids is 1. The molecule has 0 aliphatic heterocycles. The van der Waals surface area contributed by atoms with Gasteiger partial charge >= 0.3 is 5.97 Å². The maximum atomic E-state index is 11.1. The lowest BCUT2D eigenvalue weighted by molar-refractivity contribution is -0.149. The second-order valence-corrected chi connectivity index (χ2v) is 4.17. The van der Waals surface area contributed by atoms with E-state index in [2.05, 4.69) is 5.32 Å². The predicted octanol–water partition coefficient (Wildman–Crippen LogP) is 1.16. The minimum Gasteiger partial charge on any atom is -0.480 e. The molecule has 4 heteroatoms. The molecular formula is C10H17NO3. The minimum atomic E-state index is -1.08. The second kappa shape index (κ2) is 3.98. The molecule has 4 nitrogen and oxygen atoms in total. The highest BCUT2D eigenvalue weighted by molar-refractivity contribution is 5.85. The zero-order valence-electron chi connectivity index (χ0n) is 8.67. The van der Waals surface area contributed by atoms with Crippen LogP contribution in [0.25, 0.3) is 0 Å². The molecule has 0 saturated heterocycles. The number of carboxylic acid groups (broad SMARTS) is 1. The lowest BCUT2D eigenvalue weighted by Gasteiger charge is -2.31. The summed E-state index contributed by atoms with van der Waals surface area (Å²) < 4.78 is 0. The lowest BCUT2D eigenvalue weighted by Crippen LogP contribution is -2.56. The number of rotatable bonds is 3. The molecule has 0 aromatic carbocycles. The summed E-state index contributed by atoms with van der Waals surface area (Å²) in [6.45, 7) is 2.96. The van der Waals surface area contributed by atoms with E-state index < -0.39 is 11.5 Å². The number of carbonyl (C=O) groups is 2. The molecule has 1 unspecified atom stereocenters. The average Bonchev–Trinajstić information content (AvgIpc) is 2.53. The topological polar surface area (TPSA) is 66.4 Å². The van der Waals surface area contributed by atoms with Gasteiger partial charge in [0.2, 0.25) is 5.91 Å². The fourth-order valence-electron chi connectivity index (χ4n) is 2.20. The third-order valence-corrected chi connectivity index (χ3v) is 3.05. The fraction of sp³-hybridized carbons (Fsp3) is 0.800. The summed E-state index contributed by atoms with van der Waals surface area (Å²) in [6, 6.07) is 0. The van der Waals surface area contributed by atoms with Crippen molar-refractivity contribution in [3.05, 3.63) is 0 Å². The van der Waals surface area contributed by atoms with Crippen molar-refractivity contribution in [2.45, 2.75) is 45.1 Å². The molecule has 0 radical (unpaired) electrons. The predicted molar refractivity (Wildman–Crippen MR) is 51.8 cm³/mol. The molecule has 1 rings (SSSR count). The molecule has 1 atom stereocenters. The van der Waals surface area contributed by atoms with Crippen LogP contribution in [-0.4, -0.2) is 22.5 Å². The van der Waals surface area contributed by atoms with Gasteiger partial charge in [-0.15, -0.1) is 0 Å². The van der Waals surface area contributed by atoms with E-state index in [1.165, 1.54) is 6.92 Å². The fourth-order valence-corrected chi connectivity index (χ4v) is 2.20. The molecule has 1 amide bonds. The molecule has 14 heavy (non-hydrogen) atoms. The van der Waals surface area contributed by atoms with Gasteiger partial charge < -0.3 is 10.4 Å². The van der Waals surface area contributed by atoms with Crippen LogP contribution in [0.4, 0.5) is 0 Å². The first-order valence-electron chi connectivity index (χ1n) is 4.99. The Morgan fingerprint density at radius 2 is 1.86 bits per heavy atom. The van der Waals surface area contributed by atoms with E-state index in [-0.39, 0.29) is 11.8 Å². The van der Waals surface area contributed by atoms with Crippen LogP contribution >= 0.6 is 0 Å². The van der Waals surface area contributed by atoms with Crippen molar-refractivity contribution in [1.82, 2.24) is 5.32 Å². The smallest absolute Gasteiger partial charge is 0.329 e. The Morgan fingerprint density at radius 3 is 2.21 bits per heavy atom. The largest absolute Gasteiger partial charge is 0.480 e. The first-order valence-corrected chi connectivity index (χ1v) is 4.99. The van der Waals surface area contributed by atoms with Crippen molar-refractivity contribution < 1.29 is 14.7 Å². The van der Waals surface area contributed by atoms with Crippen LogP contribution in [0.1, 0.15) is 39.5 Å². The highest BCUT2D eigenvalue weighted by Crippen LogP contribution is 2.34. The maximum Gasteiger partial charge on any atom is 0.329 e. The molecule has 0 aromatic rings. The Labute approximate surface area is 83.7 Å². The Bertz CT molecular complexity index is 246. The Kier molecular flexibility index (Phi) is 3.13. The zero-order chi connectivity index (χ0) is 10.8. The van der Waals surface area contributed by atoms with Crippen LogP contribution in [0.5, 0.6) is 0 Å². The van der Waals surface area contributed by atoms with E-state index in [1.807, 2.05) is 0 Å². The molecule has 0 spiro atoms. The van der Waals surface area contributed by atoms with Crippen LogP contribution in [0.15, 0.2) is 0 Å². The number of amides is 1. The van der Waals surface area contributed by atoms with Crippen LogP contribution in [0, 0.1) is 5.92 Å². The van der Waals surface area contributed by atoms with Crippen LogP contribution in [-0.2, 0) is 9.59 Å². The lowest BCUT2D eigenvalue weighted by atomic mass is 9.84. The highest BCUT2D eigenvalue weighted by Gasteiger charge is 2.43. The SMILES string of the molecule is CC(=O)NC(C)(C(=O)O)C1CCCC1. The zero-order valence-corrected chi connectivity index (χ0v) is 8.67. The van der Waals surface area contributed by atoms with Crippen LogP contribution < -0.4 is 5.32 Å².